The maximum atomic E-state index is 12.9. The van der Waals surface area contributed by atoms with Gasteiger partial charge in [0.15, 0.2) is 0 Å². The van der Waals surface area contributed by atoms with Crippen LogP contribution in [0.15, 0.2) is 48.8 Å². The number of halogens is 1. The Labute approximate surface area is 210 Å². The number of aromatic amines is 1. The summed E-state index contributed by atoms with van der Waals surface area (Å²) in [5.41, 5.74) is 10.1. The van der Waals surface area contributed by atoms with Crippen molar-refractivity contribution in [2.45, 2.75) is 38.8 Å². The van der Waals surface area contributed by atoms with Crippen LogP contribution in [0.3, 0.4) is 0 Å². The molecule has 8 nitrogen and oxygen atoms in total. The number of H-pyrrole nitrogens is 1. The molecule has 1 aromatic carbocycles. The van der Waals surface area contributed by atoms with Crippen molar-refractivity contribution in [2.24, 2.45) is 5.73 Å². The third-order valence-electron chi connectivity index (χ3n) is 6.43. The molecule has 1 atom stereocenters. The molecule has 0 spiro atoms. The van der Waals surface area contributed by atoms with E-state index < -0.39 is 0 Å². The average molecular weight is 495 g/mol. The molecule has 184 valence electrons. The summed E-state index contributed by atoms with van der Waals surface area (Å²) in [4.78, 5) is 34.0. The highest BCUT2D eigenvalue weighted by atomic mass is 35.5. The smallest absolute Gasteiger partial charge is 0.268 e. The maximum Gasteiger partial charge on any atom is 0.268 e. The predicted molar refractivity (Wildman–Crippen MR) is 138 cm³/mol. The van der Waals surface area contributed by atoms with Crippen molar-refractivity contribution >= 4 is 29.2 Å². The number of likely N-dealkylation sites (tertiary alicyclic amines) is 1. The third kappa shape index (κ3) is 6.01. The van der Waals surface area contributed by atoms with Crippen molar-refractivity contribution in [1.29, 1.82) is 0 Å². The van der Waals surface area contributed by atoms with Crippen LogP contribution < -0.4 is 16.4 Å². The Morgan fingerprint density at radius 2 is 2.03 bits per heavy atom. The van der Waals surface area contributed by atoms with Crippen LogP contribution in [0.1, 0.15) is 47.4 Å². The van der Waals surface area contributed by atoms with E-state index >= 15 is 0 Å². The molecule has 1 fully saturated rings. The van der Waals surface area contributed by atoms with Gasteiger partial charge in [-0.25, -0.2) is 4.98 Å². The van der Waals surface area contributed by atoms with Crippen molar-refractivity contribution < 1.29 is 9.59 Å². The summed E-state index contributed by atoms with van der Waals surface area (Å²) in [6, 6.07) is 11.1. The van der Waals surface area contributed by atoms with Crippen molar-refractivity contribution in [1.82, 2.24) is 20.2 Å². The highest BCUT2D eigenvalue weighted by Gasteiger charge is 2.21. The summed E-state index contributed by atoms with van der Waals surface area (Å²) < 4.78 is 0. The number of nitrogens with zero attached hydrogens (tertiary/aromatic N) is 2. The number of nitrogens with one attached hydrogen (secondary N) is 3. The van der Waals surface area contributed by atoms with Crippen molar-refractivity contribution in [3.05, 3.63) is 70.6 Å². The topological polar surface area (TPSA) is 116 Å². The van der Waals surface area contributed by atoms with E-state index in [2.05, 4.69) is 20.6 Å². The van der Waals surface area contributed by atoms with E-state index in [4.69, 9.17) is 17.3 Å². The van der Waals surface area contributed by atoms with Crippen LogP contribution >= 0.6 is 11.6 Å². The lowest BCUT2D eigenvalue weighted by molar-refractivity contribution is -0.129. The minimum Gasteiger partial charge on any atom is -0.367 e. The molecule has 9 heteroatoms. The predicted octanol–water partition coefficient (Wildman–Crippen LogP) is 3.89. The Hall–Kier alpha value is -3.36. The lowest BCUT2D eigenvalue weighted by Crippen LogP contribution is -2.41. The fourth-order valence-electron chi connectivity index (χ4n) is 4.38. The van der Waals surface area contributed by atoms with Crippen LogP contribution in [0.25, 0.3) is 11.1 Å². The molecular weight excluding hydrogens is 464 g/mol. The molecule has 1 aliphatic heterocycles. The first kappa shape index (κ1) is 24.8. The SMILES string of the molecule is CC(=O)N1CCC(Nc2cc(-c3c[nH]c(C(=O)N[C@H](CN)c4cccc(Cl)c4)c3)c(C)cn2)CC1. The fraction of sp³-hybridized carbons (Fsp3) is 0.346. The minimum atomic E-state index is -0.346. The Morgan fingerprint density at radius 3 is 2.71 bits per heavy atom. The molecule has 2 amide bonds. The molecule has 0 radical (unpaired) electrons. The monoisotopic (exact) mass is 494 g/mol. The first-order valence-corrected chi connectivity index (χ1v) is 12.2. The number of aromatic nitrogens is 2. The first-order valence-electron chi connectivity index (χ1n) is 11.8. The molecule has 1 saturated heterocycles. The number of carbonyl (C=O) groups excluding carboxylic acids is 2. The quantitative estimate of drug-likeness (QED) is 0.397. The Balaban J connectivity index is 1.45. The second-order valence-electron chi connectivity index (χ2n) is 8.93. The number of rotatable bonds is 7. The number of carbonyl (C=O) groups is 2. The molecule has 35 heavy (non-hydrogen) atoms. The van der Waals surface area contributed by atoms with Gasteiger partial charge in [-0.15, -0.1) is 0 Å². The van der Waals surface area contributed by atoms with Gasteiger partial charge in [-0.1, -0.05) is 23.7 Å². The van der Waals surface area contributed by atoms with E-state index in [1.54, 1.807) is 19.1 Å². The second-order valence-corrected chi connectivity index (χ2v) is 9.36. The summed E-state index contributed by atoms with van der Waals surface area (Å²) in [5, 5.41) is 7.07. The zero-order chi connectivity index (χ0) is 24.9. The van der Waals surface area contributed by atoms with Crippen LogP contribution in [0.2, 0.25) is 5.02 Å². The van der Waals surface area contributed by atoms with Crippen LogP contribution in [0, 0.1) is 6.92 Å². The summed E-state index contributed by atoms with van der Waals surface area (Å²) in [6.45, 7) is 5.36. The number of hydrogen-bond donors (Lipinski definition) is 4. The summed E-state index contributed by atoms with van der Waals surface area (Å²) >= 11 is 6.09. The Morgan fingerprint density at radius 1 is 1.26 bits per heavy atom. The molecule has 0 saturated carbocycles. The van der Waals surface area contributed by atoms with Gasteiger partial charge in [0.1, 0.15) is 11.5 Å². The van der Waals surface area contributed by atoms with Crippen molar-refractivity contribution in [3.8, 4) is 11.1 Å². The maximum absolute atomic E-state index is 12.9. The van der Waals surface area contributed by atoms with Gasteiger partial charge < -0.3 is 26.3 Å². The number of anilines is 1. The molecule has 0 unspecified atom stereocenters. The molecule has 1 aliphatic rings. The molecule has 4 rings (SSSR count). The lowest BCUT2D eigenvalue weighted by atomic mass is 10.0. The largest absolute Gasteiger partial charge is 0.367 e. The van der Waals surface area contributed by atoms with Crippen molar-refractivity contribution in [3.63, 3.8) is 0 Å². The van der Waals surface area contributed by atoms with Crippen LogP contribution in [0.5, 0.6) is 0 Å². The van der Waals surface area contributed by atoms with E-state index in [-0.39, 0.29) is 30.4 Å². The summed E-state index contributed by atoms with van der Waals surface area (Å²) in [5.74, 6) is 0.661. The number of nitrogens with two attached hydrogens (primary N) is 1. The van der Waals surface area contributed by atoms with E-state index in [0.29, 0.717) is 10.7 Å². The Kier molecular flexibility index (Phi) is 7.73. The van der Waals surface area contributed by atoms with E-state index in [1.807, 2.05) is 48.5 Å². The zero-order valence-corrected chi connectivity index (χ0v) is 20.7. The number of piperidine rings is 1. The Bertz CT molecular complexity index is 1200. The van der Waals surface area contributed by atoms with Gasteiger partial charge >= 0.3 is 0 Å². The first-order chi connectivity index (χ1) is 16.8. The number of hydrogen-bond acceptors (Lipinski definition) is 5. The number of amides is 2. The van der Waals surface area contributed by atoms with Crippen LogP contribution in [-0.2, 0) is 4.79 Å². The standard InChI is InChI=1S/C26H31ClN6O2/c1-16-14-30-25(31-21-6-8-33(9-7-21)17(2)34)12-22(16)19-11-23(29-15-19)26(35)32-24(13-28)18-4-3-5-20(27)10-18/h3-5,10-12,14-15,21,24,29H,6-9,13,28H2,1-2H3,(H,30,31)(H,32,35)/t24-/m1/s1. The molecule has 0 bridgehead atoms. The number of aryl methyl sites for hydroxylation is 1. The normalized spacial score (nSPS) is 15.0. The van der Waals surface area contributed by atoms with E-state index in [1.165, 1.54) is 0 Å². The summed E-state index contributed by atoms with van der Waals surface area (Å²) in [7, 11) is 0. The molecule has 0 aliphatic carbocycles. The number of benzene rings is 1. The zero-order valence-electron chi connectivity index (χ0n) is 20.0. The van der Waals surface area contributed by atoms with Crippen molar-refractivity contribution in [2.75, 3.05) is 25.0 Å². The molecule has 3 heterocycles. The molecule has 2 aromatic heterocycles. The highest BCUT2D eigenvalue weighted by molar-refractivity contribution is 6.30. The van der Waals surface area contributed by atoms with Gasteiger partial charge in [-0.3, -0.25) is 9.59 Å². The van der Waals surface area contributed by atoms with Gasteiger partial charge in [-0.2, -0.15) is 0 Å². The molecular formula is C26H31ClN6O2. The molecule has 3 aromatic rings. The van der Waals surface area contributed by atoms with Gasteiger partial charge in [0.05, 0.1) is 6.04 Å². The molecule has 5 N–H and O–H groups in total. The van der Waals surface area contributed by atoms with E-state index in [0.717, 1.165) is 54.0 Å². The third-order valence-corrected chi connectivity index (χ3v) is 6.66. The van der Waals surface area contributed by atoms with Gasteiger partial charge in [0.2, 0.25) is 5.91 Å². The van der Waals surface area contributed by atoms with Crippen LogP contribution in [-0.4, -0.2) is 52.4 Å². The highest BCUT2D eigenvalue weighted by Crippen LogP contribution is 2.27. The lowest BCUT2D eigenvalue weighted by Gasteiger charge is -2.32. The average Bonchev–Trinajstić information content (AvgIpc) is 3.34. The van der Waals surface area contributed by atoms with Crippen LogP contribution in [0.4, 0.5) is 5.82 Å². The second kappa shape index (κ2) is 10.9. The van der Waals surface area contributed by atoms with E-state index in [9.17, 15) is 9.59 Å². The van der Waals surface area contributed by atoms with Gasteiger partial charge in [0, 0.05) is 55.6 Å². The summed E-state index contributed by atoms with van der Waals surface area (Å²) in [6.07, 6.45) is 5.42. The number of pyridine rings is 1. The van der Waals surface area contributed by atoms with Gasteiger partial charge in [-0.05, 0) is 60.7 Å². The minimum absolute atomic E-state index is 0.122. The fourth-order valence-corrected chi connectivity index (χ4v) is 4.58. The van der Waals surface area contributed by atoms with Gasteiger partial charge in [0.25, 0.3) is 5.91 Å².